The van der Waals surface area contributed by atoms with E-state index in [-0.39, 0.29) is 0 Å². The highest BCUT2D eigenvalue weighted by atomic mass is 19.4. The lowest BCUT2D eigenvalue weighted by Crippen LogP contribution is -2.05. The number of aromatic amines is 1. The number of alkyl halides is 3. The Balaban J connectivity index is 2.02. The first-order valence-electron chi connectivity index (χ1n) is 5.59. The number of aromatic nitrogens is 4. The van der Waals surface area contributed by atoms with E-state index in [0.29, 0.717) is 28.5 Å². The van der Waals surface area contributed by atoms with E-state index >= 15 is 0 Å². The van der Waals surface area contributed by atoms with E-state index in [2.05, 4.69) is 19.9 Å². The number of nitrogen functional groups attached to an aromatic ring is 1. The average molecular weight is 279 g/mol. The topological polar surface area (TPSA) is 80.5 Å². The summed E-state index contributed by atoms with van der Waals surface area (Å²) in [6.45, 7) is 0. The molecule has 0 radical (unpaired) electrons. The zero-order valence-corrected chi connectivity index (χ0v) is 9.94. The summed E-state index contributed by atoms with van der Waals surface area (Å²) in [5, 5.41) is 0. The number of hydrogen-bond acceptors (Lipinski definition) is 4. The van der Waals surface area contributed by atoms with Gasteiger partial charge in [-0.05, 0) is 24.3 Å². The fraction of sp³-hybridized carbons (Fsp3) is 0.0833. The number of nitrogens with zero attached hydrogens (tertiary/aromatic N) is 3. The molecule has 0 saturated heterocycles. The largest absolute Gasteiger partial charge is 0.417 e. The first kappa shape index (κ1) is 12.4. The van der Waals surface area contributed by atoms with Gasteiger partial charge in [-0.15, -0.1) is 0 Å². The number of rotatable bonds is 1. The highest BCUT2D eigenvalue weighted by Crippen LogP contribution is 2.29. The van der Waals surface area contributed by atoms with Gasteiger partial charge in [0, 0.05) is 6.20 Å². The van der Waals surface area contributed by atoms with Crippen LogP contribution >= 0.6 is 0 Å². The van der Waals surface area contributed by atoms with Crippen LogP contribution in [0.15, 0.2) is 30.5 Å². The fourth-order valence-electron chi connectivity index (χ4n) is 1.73. The highest BCUT2D eigenvalue weighted by Gasteiger charge is 2.30. The smallest absolute Gasteiger partial charge is 0.384 e. The molecular weight excluding hydrogens is 271 g/mol. The Bertz CT molecular complexity index is 761. The number of nitrogens with two attached hydrogens (primary N) is 1. The van der Waals surface area contributed by atoms with E-state index in [4.69, 9.17) is 5.73 Å². The van der Waals surface area contributed by atoms with Crippen molar-refractivity contribution in [2.75, 3.05) is 5.73 Å². The van der Waals surface area contributed by atoms with Gasteiger partial charge in [0.15, 0.2) is 11.5 Å². The Kier molecular flexibility index (Phi) is 2.60. The summed E-state index contributed by atoms with van der Waals surface area (Å²) in [5.41, 5.74) is 6.05. The van der Waals surface area contributed by atoms with Crippen molar-refractivity contribution >= 4 is 17.0 Å². The van der Waals surface area contributed by atoms with Gasteiger partial charge < -0.3 is 10.7 Å². The van der Waals surface area contributed by atoms with Gasteiger partial charge in [0.05, 0.1) is 11.1 Å². The number of pyridine rings is 2. The molecule has 3 heterocycles. The van der Waals surface area contributed by atoms with Crippen LogP contribution in [0.1, 0.15) is 5.56 Å². The predicted molar refractivity (Wildman–Crippen MR) is 66.5 cm³/mol. The molecule has 3 aromatic rings. The lowest BCUT2D eigenvalue weighted by molar-refractivity contribution is -0.137. The quantitative estimate of drug-likeness (QED) is 0.717. The number of nitrogens with one attached hydrogen (secondary N) is 1. The third-order valence-electron chi connectivity index (χ3n) is 2.70. The predicted octanol–water partition coefficient (Wildman–Crippen LogP) is 2.62. The van der Waals surface area contributed by atoms with Crippen LogP contribution in [0, 0.1) is 0 Å². The maximum Gasteiger partial charge on any atom is 0.417 e. The standard InChI is InChI=1S/C12H8F3N5/c13-12(14,15)6-1-2-7(17-5-6)10-18-8-3-4-9(16)19-11(8)20-10/h1-5H,(H3,16,18,19,20). The van der Waals surface area contributed by atoms with Gasteiger partial charge in [0.2, 0.25) is 0 Å². The molecule has 0 aliphatic rings. The van der Waals surface area contributed by atoms with Crippen molar-refractivity contribution in [3.05, 3.63) is 36.0 Å². The lowest BCUT2D eigenvalue weighted by Gasteiger charge is -2.05. The minimum absolute atomic E-state index is 0.301. The minimum atomic E-state index is -4.41. The molecule has 0 saturated carbocycles. The van der Waals surface area contributed by atoms with Crippen molar-refractivity contribution in [2.24, 2.45) is 0 Å². The summed E-state index contributed by atoms with van der Waals surface area (Å²) in [7, 11) is 0. The number of imidazole rings is 1. The van der Waals surface area contributed by atoms with Crippen LogP contribution in [-0.2, 0) is 6.18 Å². The van der Waals surface area contributed by atoms with Gasteiger partial charge in [0.25, 0.3) is 0 Å². The maximum absolute atomic E-state index is 12.4. The monoisotopic (exact) mass is 279 g/mol. The van der Waals surface area contributed by atoms with Crippen LogP contribution in [0.2, 0.25) is 0 Å². The molecular formula is C12H8F3N5. The number of halogens is 3. The van der Waals surface area contributed by atoms with Crippen molar-refractivity contribution in [2.45, 2.75) is 6.18 Å². The number of anilines is 1. The molecule has 0 unspecified atom stereocenters. The van der Waals surface area contributed by atoms with Crippen LogP contribution in [-0.4, -0.2) is 19.9 Å². The van der Waals surface area contributed by atoms with Crippen LogP contribution in [0.25, 0.3) is 22.7 Å². The van der Waals surface area contributed by atoms with Crippen LogP contribution in [0.3, 0.4) is 0 Å². The van der Waals surface area contributed by atoms with Crippen molar-refractivity contribution in [3.63, 3.8) is 0 Å². The Hall–Kier alpha value is -2.64. The van der Waals surface area contributed by atoms with E-state index in [1.165, 1.54) is 6.07 Å². The SMILES string of the molecule is Nc1ccc2[nH]c(-c3ccc(C(F)(F)F)cn3)nc2n1. The van der Waals surface area contributed by atoms with Crippen LogP contribution in [0.4, 0.5) is 19.0 Å². The fourth-order valence-corrected chi connectivity index (χ4v) is 1.73. The van der Waals surface area contributed by atoms with Crippen molar-refractivity contribution in [1.29, 1.82) is 0 Å². The summed E-state index contributed by atoms with van der Waals surface area (Å²) in [6.07, 6.45) is -3.64. The van der Waals surface area contributed by atoms with E-state index in [1.54, 1.807) is 12.1 Å². The molecule has 5 nitrogen and oxygen atoms in total. The Morgan fingerprint density at radius 2 is 1.85 bits per heavy atom. The van der Waals surface area contributed by atoms with E-state index in [1.807, 2.05) is 0 Å². The minimum Gasteiger partial charge on any atom is -0.384 e. The Morgan fingerprint density at radius 1 is 1.05 bits per heavy atom. The highest BCUT2D eigenvalue weighted by molar-refractivity contribution is 5.76. The summed E-state index contributed by atoms with van der Waals surface area (Å²) >= 11 is 0. The van der Waals surface area contributed by atoms with E-state index < -0.39 is 11.7 Å². The second kappa shape index (κ2) is 4.19. The lowest BCUT2D eigenvalue weighted by atomic mass is 10.2. The molecule has 102 valence electrons. The van der Waals surface area contributed by atoms with Gasteiger partial charge in [-0.2, -0.15) is 13.2 Å². The first-order valence-corrected chi connectivity index (χ1v) is 5.59. The number of H-pyrrole nitrogens is 1. The van der Waals surface area contributed by atoms with Gasteiger partial charge >= 0.3 is 6.18 Å². The van der Waals surface area contributed by atoms with Crippen LogP contribution in [0.5, 0.6) is 0 Å². The third-order valence-corrected chi connectivity index (χ3v) is 2.70. The summed E-state index contributed by atoms with van der Waals surface area (Å²) in [5.74, 6) is 0.655. The number of fused-ring (bicyclic) bond motifs is 1. The molecule has 0 fully saturated rings. The molecule has 0 aromatic carbocycles. The molecule has 8 heteroatoms. The average Bonchev–Trinajstić information content (AvgIpc) is 2.80. The zero-order chi connectivity index (χ0) is 14.3. The molecule has 0 spiro atoms. The van der Waals surface area contributed by atoms with Gasteiger partial charge in [-0.1, -0.05) is 0 Å². The van der Waals surface area contributed by atoms with Crippen molar-refractivity contribution in [1.82, 2.24) is 19.9 Å². The normalized spacial score (nSPS) is 11.9. The molecule has 3 aromatic heterocycles. The van der Waals surface area contributed by atoms with Crippen molar-refractivity contribution in [3.8, 4) is 11.5 Å². The first-order chi connectivity index (χ1) is 9.43. The number of hydrogen-bond donors (Lipinski definition) is 2. The Labute approximate surface area is 110 Å². The van der Waals surface area contributed by atoms with Gasteiger partial charge in [-0.25, -0.2) is 9.97 Å². The summed E-state index contributed by atoms with van der Waals surface area (Å²) < 4.78 is 37.3. The molecule has 3 N–H and O–H groups in total. The van der Waals surface area contributed by atoms with E-state index in [9.17, 15) is 13.2 Å². The maximum atomic E-state index is 12.4. The zero-order valence-electron chi connectivity index (χ0n) is 9.94. The van der Waals surface area contributed by atoms with Crippen LogP contribution < -0.4 is 5.73 Å². The van der Waals surface area contributed by atoms with Gasteiger partial charge in [-0.3, -0.25) is 4.98 Å². The summed E-state index contributed by atoms with van der Waals surface area (Å²) in [6, 6.07) is 5.50. The second-order valence-electron chi connectivity index (χ2n) is 4.12. The molecule has 3 rings (SSSR count). The molecule has 0 atom stereocenters. The third kappa shape index (κ3) is 2.15. The van der Waals surface area contributed by atoms with Crippen molar-refractivity contribution < 1.29 is 13.2 Å². The Morgan fingerprint density at radius 3 is 2.50 bits per heavy atom. The molecule has 0 aliphatic heterocycles. The van der Waals surface area contributed by atoms with Gasteiger partial charge in [0.1, 0.15) is 11.5 Å². The van der Waals surface area contributed by atoms with E-state index in [0.717, 1.165) is 12.3 Å². The molecule has 0 bridgehead atoms. The second-order valence-corrected chi connectivity index (χ2v) is 4.12. The summed E-state index contributed by atoms with van der Waals surface area (Å²) in [4.78, 5) is 14.8. The molecule has 20 heavy (non-hydrogen) atoms. The molecule has 0 amide bonds. The molecule has 0 aliphatic carbocycles.